The number of hydrogen-bond donors (Lipinski definition) is 0. The van der Waals surface area contributed by atoms with Gasteiger partial charge < -0.3 is 9.47 Å². The van der Waals surface area contributed by atoms with Gasteiger partial charge in [0.05, 0.1) is 6.42 Å². The van der Waals surface area contributed by atoms with Crippen LogP contribution in [0.5, 0.6) is 0 Å². The van der Waals surface area contributed by atoms with Crippen LogP contribution in [0.25, 0.3) is 11.1 Å². The summed E-state index contributed by atoms with van der Waals surface area (Å²) in [5, 5.41) is 0. The summed E-state index contributed by atoms with van der Waals surface area (Å²) in [6, 6.07) is 23.8. The summed E-state index contributed by atoms with van der Waals surface area (Å²) in [6.45, 7) is 1.98. The molecule has 0 radical (unpaired) electrons. The largest absolute Gasteiger partial charge is 0.465 e. The Bertz CT molecular complexity index is 1040. The molecule has 1 aliphatic rings. The molecule has 1 aliphatic carbocycles. The molecule has 0 saturated heterocycles. The molecule has 0 aliphatic heterocycles. The van der Waals surface area contributed by atoms with E-state index in [1.165, 1.54) is 6.92 Å². The summed E-state index contributed by atoms with van der Waals surface area (Å²) in [7, 11) is 0. The van der Waals surface area contributed by atoms with Crippen LogP contribution in [0.1, 0.15) is 35.1 Å². The minimum Gasteiger partial charge on any atom is -0.465 e. The van der Waals surface area contributed by atoms with Gasteiger partial charge in [-0.1, -0.05) is 72.8 Å². The predicted octanol–water partition coefficient (Wildman–Crippen LogP) is 4.65. The highest BCUT2D eigenvalue weighted by Crippen LogP contribution is 2.45. The van der Waals surface area contributed by atoms with Crippen molar-refractivity contribution in [1.29, 1.82) is 0 Å². The van der Waals surface area contributed by atoms with E-state index < -0.39 is 0 Å². The van der Waals surface area contributed by atoms with Gasteiger partial charge in [-0.2, -0.15) is 0 Å². The van der Waals surface area contributed by atoms with E-state index in [0.717, 1.165) is 33.4 Å². The quantitative estimate of drug-likeness (QED) is 0.579. The Balaban J connectivity index is 1.51. The first-order chi connectivity index (χ1) is 14.1. The fraction of sp³-hybridized carbons (Fsp3) is 0.200. The Morgan fingerprint density at radius 2 is 1.52 bits per heavy atom. The maximum Gasteiger partial charge on any atom is 0.310 e. The molecule has 29 heavy (non-hydrogen) atoms. The van der Waals surface area contributed by atoms with E-state index in [1.807, 2.05) is 60.7 Å². The van der Waals surface area contributed by atoms with Crippen molar-refractivity contribution in [3.05, 3.63) is 95.1 Å². The fourth-order valence-electron chi connectivity index (χ4n) is 3.81. The minimum atomic E-state index is -0.295. The van der Waals surface area contributed by atoms with Gasteiger partial charge in [0.25, 0.3) is 0 Å². The lowest BCUT2D eigenvalue weighted by Gasteiger charge is -2.14. The molecule has 0 heterocycles. The lowest BCUT2D eigenvalue weighted by Crippen LogP contribution is -2.11. The van der Waals surface area contributed by atoms with Crippen LogP contribution < -0.4 is 0 Å². The van der Waals surface area contributed by atoms with Gasteiger partial charge in [0, 0.05) is 12.8 Å². The monoisotopic (exact) mass is 386 g/mol. The molecule has 4 heteroatoms. The second-order valence-electron chi connectivity index (χ2n) is 7.19. The van der Waals surface area contributed by atoms with Gasteiger partial charge >= 0.3 is 11.9 Å². The highest BCUT2D eigenvalue weighted by Gasteiger charge is 2.29. The summed E-state index contributed by atoms with van der Waals surface area (Å²) in [5.41, 5.74) is 6.36. The smallest absolute Gasteiger partial charge is 0.310 e. The average molecular weight is 386 g/mol. The van der Waals surface area contributed by atoms with Crippen molar-refractivity contribution < 1.29 is 19.1 Å². The van der Waals surface area contributed by atoms with Crippen LogP contribution in [-0.2, 0) is 32.1 Å². The molecular formula is C25H22O4. The summed E-state index contributed by atoms with van der Waals surface area (Å²) < 4.78 is 10.7. The molecule has 1 unspecified atom stereocenters. The van der Waals surface area contributed by atoms with E-state index in [2.05, 4.69) is 12.1 Å². The normalized spacial score (nSPS) is 14.0. The Morgan fingerprint density at radius 1 is 0.793 bits per heavy atom. The van der Waals surface area contributed by atoms with Crippen LogP contribution in [0.15, 0.2) is 72.8 Å². The molecule has 4 rings (SSSR count). The van der Waals surface area contributed by atoms with Gasteiger partial charge in [-0.05, 0) is 33.4 Å². The van der Waals surface area contributed by atoms with E-state index in [9.17, 15) is 9.59 Å². The SMILES string of the molecule is CC(=O)OCC1c2ccccc2-c2ccc(CC(=O)OCc3ccccc3)cc21. The number of benzene rings is 3. The van der Waals surface area contributed by atoms with Crippen LogP contribution in [0.2, 0.25) is 0 Å². The zero-order valence-corrected chi connectivity index (χ0v) is 16.3. The van der Waals surface area contributed by atoms with Crippen LogP contribution in [0.3, 0.4) is 0 Å². The van der Waals surface area contributed by atoms with E-state index in [0.29, 0.717) is 6.61 Å². The van der Waals surface area contributed by atoms with Crippen molar-refractivity contribution in [2.75, 3.05) is 6.61 Å². The summed E-state index contributed by atoms with van der Waals surface area (Å²) in [5.74, 6) is -0.581. The Hall–Kier alpha value is -3.40. The van der Waals surface area contributed by atoms with Gasteiger partial charge in [0.1, 0.15) is 13.2 Å². The van der Waals surface area contributed by atoms with Gasteiger partial charge in [0.2, 0.25) is 0 Å². The van der Waals surface area contributed by atoms with Gasteiger partial charge in [0.15, 0.2) is 0 Å². The first kappa shape index (κ1) is 18.9. The number of carbonyl (C=O) groups excluding carboxylic acids is 2. The zero-order chi connectivity index (χ0) is 20.2. The standard InChI is InChI=1S/C25H22O4/c1-17(26)28-16-24-21-10-6-5-9-20(21)22-12-11-19(13-23(22)24)14-25(27)29-15-18-7-3-2-4-8-18/h2-13,24H,14-16H2,1H3. The summed E-state index contributed by atoms with van der Waals surface area (Å²) in [6.07, 6.45) is 0.205. The van der Waals surface area contributed by atoms with Crippen LogP contribution >= 0.6 is 0 Å². The van der Waals surface area contributed by atoms with E-state index in [1.54, 1.807) is 0 Å². The zero-order valence-electron chi connectivity index (χ0n) is 16.3. The number of carbonyl (C=O) groups is 2. The first-order valence-electron chi connectivity index (χ1n) is 9.67. The molecule has 1 atom stereocenters. The van der Waals surface area contributed by atoms with Crippen molar-refractivity contribution in [2.24, 2.45) is 0 Å². The maximum absolute atomic E-state index is 12.3. The molecule has 0 spiro atoms. The van der Waals surface area contributed by atoms with Gasteiger partial charge in [-0.25, -0.2) is 0 Å². The molecule has 146 valence electrons. The second kappa shape index (κ2) is 8.31. The highest BCUT2D eigenvalue weighted by molar-refractivity contribution is 5.80. The van der Waals surface area contributed by atoms with Crippen LogP contribution in [0.4, 0.5) is 0 Å². The Kier molecular flexibility index (Phi) is 5.43. The van der Waals surface area contributed by atoms with Crippen molar-refractivity contribution in [3.8, 4) is 11.1 Å². The highest BCUT2D eigenvalue weighted by atomic mass is 16.5. The van der Waals surface area contributed by atoms with Crippen LogP contribution in [0, 0.1) is 0 Å². The van der Waals surface area contributed by atoms with E-state index in [4.69, 9.17) is 9.47 Å². The van der Waals surface area contributed by atoms with Gasteiger partial charge in [-0.3, -0.25) is 9.59 Å². The molecule has 0 saturated carbocycles. The number of ether oxygens (including phenoxy) is 2. The summed E-state index contributed by atoms with van der Waals surface area (Å²) in [4.78, 5) is 23.7. The Morgan fingerprint density at radius 3 is 2.31 bits per heavy atom. The van der Waals surface area contributed by atoms with Crippen molar-refractivity contribution >= 4 is 11.9 Å². The molecule has 0 N–H and O–H groups in total. The van der Waals surface area contributed by atoms with E-state index >= 15 is 0 Å². The van der Waals surface area contributed by atoms with E-state index in [-0.39, 0.29) is 30.9 Å². The number of rotatable bonds is 6. The third-order valence-electron chi connectivity index (χ3n) is 5.16. The number of esters is 2. The molecule has 0 amide bonds. The van der Waals surface area contributed by atoms with Crippen molar-refractivity contribution in [2.45, 2.75) is 25.9 Å². The molecule has 0 bridgehead atoms. The molecule has 3 aromatic carbocycles. The van der Waals surface area contributed by atoms with Gasteiger partial charge in [-0.15, -0.1) is 0 Å². The number of hydrogen-bond acceptors (Lipinski definition) is 4. The fourth-order valence-corrected chi connectivity index (χ4v) is 3.81. The third-order valence-corrected chi connectivity index (χ3v) is 5.16. The molecule has 0 fully saturated rings. The van der Waals surface area contributed by atoms with Crippen molar-refractivity contribution in [3.63, 3.8) is 0 Å². The molecule has 0 aromatic heterocycles. The second-order valence-corrected chi connectivity index (χ2v) is 7.19. The lowest BCUT2D eigenvalue weighted by atomic mass is 9.96. The third kappa shape index (κ3) is 4.21. The van der Waals surface area contributed by atoms with Crippen molar-refractivity contribution in [1.82, 2.24) is 0 Å². The number of fused-ring (bicyclic) bond motifs is 3. The molecular weight excluding hydrogens is 364 g/mol. The maximum atomic E-state index is 12.3. The summed E-state index contributed by atoms with van der Waals surface area (Å²) >= 11 is 0. The van der Waals surface area contributed by atoms with Crippen LogP contribution in [-0.4, -0.2) is 18.5 Å². The average Bonchev–Trinajstić information content (AvgIpc) is 3.04. The minimum absolute atomic E-state index is 0.0228. The predicted molar refractivity (Wildman–Crippen MR) is 110 cm³/mol. The first-order valence-corrected chi connectivity index (χ1v) is 9.67. The lowest BCUT2D eigenvalue weighted by molar-refractivity contribution is -0.144. The molecule has 3 aromatic rings. The molecule has 4 nitrogen and oxygen atoms in total. The Labute approximate surface area is 170 Å². The topological polar surface area (TPSA) is 52.6 Å².